The molecular weight excluding hydrogens is 362 g/mol. The lowest BCUT2D eigenvalue weighted by molar-refractivity contribution is -0.148. The molecule has 4 aliphatic heterocycles. The minimum absolute atomic E-state index is 0.0735. The highest BCUT2D eigenvalue weighted by Crippen LogP contribution is 2.28. The van der Waals surface area contributed by atoms with Crippen LogP contribution in [0, 0.1) is 0 Å². The van der Waals surface area contributed by atoms with Crippen LogP contribution < -0.4 is 5.32 Å². The molecule has 28 heavy (non-hydrogen) atoms. The van der Waals surface area contributed by atoms with Gasteiger partial charge in [0.15, 0.2) is 6.73 Å². The summed E-state index contributed by atoms with van der Waals surface area (Å²) >= 11 is 0. The highest BCUT2D eigenvalue weighted by atomic mass is 16.5. The monoisotopic (exact) mass is 391 g/mol. The molecule has 1 N–H and O–H groups in total. The molecule has 154 valence electrons. The zero-order valence-corrected chi connectivity index (χ0v) is 16.3. The topological polar surface area (TPSA) is 85.4 Å². The number of carbonyl (C=O) groups excluding carboxylic acids is 3. The van der Waals surface area contributed by atoms with Crippen molar-refractivity contribution in [3.63, 3.8) is 0 Å². The summed E-state index contributed by atoms with van der Waals surface area (Å²) in [5.41, 5.74) is 0.688. The molecule has 3 saturated heterocycles. The number of fused-ring (bicyclic) bond motifs is 1. The number of nitrogens with one attached hydrogen (secondary N) is 1. The maximum absolute atomic E-state index is 12.7. The van der Waals surface area contributed by atoms with Crippen molar-refractivity contribution < 1.29 is 19.1 Å². The van der Waals surface area contributed by atoms with Crippen LogP contribution in [0.2, 0.25) is 0 Å². The Balaban J connectivity index is 1.21. The van der Waals surface area contributed by atoms with Gasteiger partial charge in [0, 0.05) is 31.8 Å². The molecular formula is C19H29N5O4. The van der Waals surface area contributed by atoms with E-state index in [-0.39, 0.29) is 30.9 Å². The average molecular weight is 391 g/mol. The van der Waals surface area contributed by atoms with Crippen LogP contribution in [0.3, 0.4) is 0 Å². The summed E-state index contributed by atoms with van der Waals surface area (Å²) in [6, 6.07) is 0.309. The fourth-order valence-corrected chi connectivity index (χ4v) is 4.33. The van der Waals surface area contributed by atoms with Gasteiger partial charge in [-0.1, -0.05) is 0 Å². The second-order valence-corrected chi connectivity index (χ2v) is 7.92. The summed E-state index contributed by atoms with van der Waals surface area (Å²) in [6.45, 7) is 4.37. The molecule has 0 aromatic rings. The number of hydrogen-bond donors (Lipinski definition) is 1. The normalized spacial score (nSPS) is 23.4. The predicted octanol–water partition coefficient (Wildman–Crippen LogP) is -0.142. The summed E-state index contributed by atoms with van der Waals surface area (Å²) in [4.78, 5) is 44.1. The van der Waals surface area contributed by atoms with Crippen molar-refractivity contribution in [3.8, 4) is 0 Å². The van der Waals surface area contributed by atoms with Gasteiger partial charge in [-0.3, -0.25) is 14.4 Å². The Hall–Kier alpha value is -2.29. The average Bonchev–Trinajstić information content (AvgIpc) is 3.25. The molecule has 0 bridgehead atoms. The molecule has 0 aliphatic carbocycles. The van der Waals surface area contributed by atoms with Crippen LogP contribution in [0.4, 0.5) is 0 Å². The molecule has 0 saturated carbocycles. The van der Waals surface area contributed by atoms with Gasteiger partial charge in [0.2, 0.25) is 5.91 Å². The van der Waals surface area contributed by atoms with Crippen molar-refractivity contribution in [3.05, 3.63) is 11.9 Å². The molecule has 0 unspecified atom stereocenters. The lowest BCUT2D eigenvalue weighted by Crippen LogP contribution is -2.45. The van der Waals surface area contributed by atoms with Crippen LogP contribution in [0.15, 0.2) is 11.9 Å². The van der Waals surface area contributed by atoms with Gasteiger partial charge >= 0.3 is 5.97 Å². The molecule has 0 aromatic heterocycles. The fourth-order valence-electron chi connectivity index (χ4n) is 4.33. The van der Waals surface area contributed by atoms with Crippen molar-refractivity contribution in [2.75, 3.05) is 46.2 Å². The number of carbonyl (C=O) groups is 3. The van der Waals surface area contributed by atoms with E-state index >= 15 is 0 Å². The third-order valence-electron chi connectivity index (χ3n) is 5.95. The van der Waals surface area contributed by atoms with Gasteiger partial charge in [-0.25, -0.2) is 0 Å². The van der Waals surface area contributed by atoms with Crippen molar-refractivity contribution >= 4 is 17.8 Å². The molecule has 0 spiro atoms. The minimum Gasteiger partial charge on any atom is -0.444 e. The fraction of sp³-hybridized carbons (Fsp3) is 0.737. The summed E-state index contributed by atoms with van der Waals surface area (Å²) < 4.78 is 5.34. The van der Waals surface area contributed by atoms with E-state index in [1.807, 2.05) is 14.7 Å². The molecule has 0 radical (unpaired) electrons. The van der Waals surface area contributed by atoms with Gasteiger partial charge < -0.3 is 29.7 Å². The van der Waals surface area contributed by atoms with Gasteiger partial charge in [-0.2, -0.15) is 0 Å². The van der Waals surface area contributed by atoms with E-state index in [1.165, 1.54) is 0 Å². The van der Waals surface area contributed by atoms with Gasteiger partial charge in [-0.05, 0) is 38.8 Å². The van der Waals surface area contributed by atoms with E-state index < -0.39 is 0 Å². The van der Waals surface area contributed by atoms with E-state index in [1.54, 1.807) is 11.1 Å². The SMILES string of the molecule is O=C(CCN1CCCCC1=O)OCN1C=C2C(=O)N(C3CCNCC3)CN2C1. The molecule has 3 fully saturated rings. The Kier molecular flexibility index (Phi) is 5.70. The standard InChI is InChI=1S/C19H29N5O4/c25-17-3-1-2-9-22(17)10-6-18(26)28-14-21-11-16-19(27)24(13-23(16)12-21)15-4-7-20-8-5-15/h11,15,20H,1-10,12-14H2. The first kappa shape index (κ1) is 19.0. The molecule has 4 rings (SSSR count). The number of esters is 1. The van der Waals surface area contributed by atoms with Gasteiger partial charge in [0.1, 0.15) is 5.70 Å². The number of hydrogen-bond acceptors (Lipinski definition) is 7. The molecule has 0 aromatic carbocycles. The van der Waals surface area contributed by atoms with Gasteiger partial charge in [-0.15, -0.1) is 0 Å². The van der Waals surface area contributed by atoms with Crippen LogP contribution in [0.1, 0.15) is 38.5 Å². The third kappa shape index (κ3) is 4.09. The predicted molar refractivity (Wildman–Crippen MR) is 100 cm³/mol. The molecule has 0 atom stereocenters. The second kappa shape index (κ2) is 8.38. The number of nitrogens with zero attached hydrogens (tertiary/aromatic N) is 4. The number of amides is 2. The van der Waals surface area contributed by atoms with Crippen molar-refractivity contribution in [1.29, 1.82) is 0 Å². The molecule has 2 amide bonds. The smallest absolute Gasteiger partial charge is 0.309 e. The van der Waals surface area contributed by atoms with E-state index in [2.05, 4.69) is 5.32 Å². The summed E-state index contributed by atoms with van der Waals surface area (Å²) in [7, 11) is 0. The van der Waals surface area contributed by atoms with E-state index in [4.69, 9.17) is 4.74 Å². The summed E-state index contributed by atoms with van der Waals surface area (Å²) in [6.07, 6.45) is 6.51. The Morgan fingerprint density at radius 1 is 1.18 bits per heavy atom. The number of piperidine rings is 2. The third-order valence-corrected chi connectivity index (χ3v) is 5.95. The highest BCUT2D eigenvalue weighted by molar-refractivity contribution is 5.95. The minimum atomic E-state index is -0.313. The van der Waals surface area contributed by atoms with E-state index in [0.29, 0.717) is 38.0 Å². The number of ether oxygens (including phenoxy) is 1. The van der Waals surface area contributed by atoms with Crippen molar-refractivity contribution in [2.24, 2.45) is 0 Å². The van der Waals surface area contributed by atoms with Gasteiger partial charge in [0.05, 0.1) is 19.8 Å². The number of rotatable bonds is 6. The molecule has 9 nitrogen and oxygen atoms in total. The maximum Gasteiger partial charge on any atom is 0.309 e. The van der Waals surface area contributed by atoms with Crippen LogP contribution in [-0.4, -0.2) is 89.7 Å². The van der Waals surface area contributed by atoms with Crippen LogP contribution in [0.5, 0.6) is 0 Å². The van der Waals surface area contributed by atoms with Crippen molar-refractivity contribution in [1.82, 2.24) is 24.9 Å². The second-order valence-electron chi connectivity index (χ2n) is 7.92. The Labute approximate surface area is 165 Å². The first-order valence-corrected chi connectivity index (χ1v) is 10.3. The lowest BCUT2D eigenvalue weighted by atomic mass is 10.1. The maximum atomic E-state index is 12.7. The van der Waals surface area contributed by atoms with Crippen molar-refractivity contribution in [2.45, 2.75) is 44.6 Å². The van der Waals surface area contributed by atoms with Crippen LogP contribution >= 0.6 is 0 Å². The van der Waals surface area contributed by atoms with Crippen LogP contribution in [-0.2, 0) is 19.1 Å². The largest absolute Gasteiger partial charge is 0.444 e. The molecule has 9 heteroatoms. The Morgan fingerprint density at radius 3 is 2.75 bits per heavy atom. The van der Waals surface area contributed by atoms with Crippen LogP contribution in [0.25, 0.3) is 0 Å². The first-order valence-electron chi connectivity index (χ1n) is 10.3. The summed E-state index contributed by atoms with van der Waals surface area (Å²) in [5, 5.41) is 3.33. The summed E-state index contributed by atoms with van der Waals surface area (Å²) in [5.74, 6) is -0.114. The quantitative estimate of drug-likeness (QED) is 0.631. The molecule has 4 aliphatic rings. The zero-order chi connectivity index (χ0) is 19.5. The highest BCUT2D eigenvalue weighted by Gasteiger charge is 2.40. The zero-order valence-electron chi connectivity index (χ0n) is 16.3. The van der Waals surface area contributed by atoms with Gasteiger partial charge in [0.25, 0.3) is 5.91 Å². The Bertz CT molecular complexity index is 661. The molecule has 4 heterocycles. The van der Waals surface area contributed by atoms with E-state index in [0.717, 1.165) is 45.3 Å². The first-order chi connectivity index (χ1) is 13.6. The Morgan fingerprint density at radius 2 is 2.00 bits per heavy atom. The number of likely N-dealkylation sites (tertiary alicyclic amines) is 1. The van der Waals surface area contributed by atoms with E-state index in [9.17, 15) is 14.4 Å². The lowest BCUT2D eigenvalue weighted by Gasteiger charge is -2.31.